The number of hydrogen-bond donors (Lipinski definition) is 1. The average molecular weight is 240 g/mol. The number of rotatable bonds is 3. The number of hydrogen-bond acceptors (Lipinski definition) is 3. The van der Waals surface area contributed by atoms with Crippen LogP contribution in [0.5, 0.6) is 0 Å². The molecule has 1 aliphatic heterocycles. The van der Waals surface area contributed by atoms with Crippen molar-refractivity contribution >= 4 is 17.4 Å². The summed E-state index contributed by atoms with van der Waals surface area (Å²) in [6.07, 6.45) is 0. The molecule has 88 valence electrons. The molecule has 1 aromatic carbocycles. The molecule has 0 bridgehead atoms. The van der Waals surface area contributed by atoms with Crippen molar-refractivity contribution in [3.63, 3.8) is 0 Å². The number of halogens is 1. The van der Waals surface area contributed by atoms with Gasteiger partial charge in [0.2, 0.25) is 0 Å². The molecular weight excluding hydrogens is 223 g/mol. The van der Waals surface area contributed by atoms with E-state index in [0.29, 0.717) is 0 Å². The first-order valence-corrected chi connectivity index (χ1v) is 6.72. The van der Waals surface area contributed by atoms with E-state index in [9.17, 15) is 4.39 Å². The first-order chi connectivity index (χ1) is 7.81. The van der Waals surface area contributed by atoms with E-state index in [0.717, 1.165) is 36.7 Å². The van der Waals surface area contributed by atoms with Gasteiger partial charge in [0.25, 0.3) is 0 Å². The van der Waals surface area contributed by atoms with Gasteiger partial charge in [0.05, 0.1) is 0 Å². The van der Waals surface area contributed by atoms with Crippen molar-refractivity contribution in [1.29, 1.82) is 0 Å². The number of nitrogens with one attached hydrogen (secondary N) is 1. The maximum Gasteiger partial charge on any atom is 0.123 e. The largest absolute Gasteiger partial charge is 0.370 e. The van der Waals surface area contributed by atoms with Crippen LogP contribution >= 0.6 is 11.8 Å². The second kappa shape index (κ2) is 5.55. The Morgan fingerprint density at radius 2 is 2.12 bits per heavy atom. The SMILES string of the molecule is CNCc1cc(F)ccc1N1CCSCC1. The second-order valence-electron chi connectivity index (χ2n) is 3.90. The summed E-state index contributed by atoms with van der Waals surface area (Å²) in [6.45, 7) is 2.84. The molecule has 0 saturated carbocycles. The van der Waals surface area contributed by atoms with E-state index in [4.69, 9.17) is 0 Å². The molecule has 1 aromatic rings. The normalized spacial score (nSPS) is 16.5. The molecule has 1 fully saturated rings. The Labute approximate surface area is 100 Å². The highest BCUT2D eigenvalue weighted by atomic mass is 32.2. The summed E-state index contributed by atoms with van der Waals surface area (Å²) < 4.78 is 13.2. The summed E-state index contributed by atoms with van der Waals surface area (Å²) in [4.78, 5) is 2.35. The fourth-order valence-corrected chi connectivity index (χ4v) is 2.90. The number of benzene rings is 1. The maximum atomic E-state index is 13.2. The smallest absolute Gasteiger partial charge is 0.123 e. The Kier molecular flexibility index (Phi) is 4.07. The van der Waals surface area contributed by atoms with Gasteiger partial charge in [-0.25, -0.2) is 4.39 Å². The van der Waals surface area contributed by atoms with Crippen molar-refractivity contribution < 1.29 is 4.39 Å². The van der Waals surface area contributed by atoms with Crippen LogP contribution < -0.4 is 10.2 Å². The number of anilines is 1. The monoisotopic (exact) mass is 240 g/mol. The van der Waals surface area contributed by atoms with Gasteiger partial charge in [0.1, 0.15) is 5.82 Å². The summed E-state index contributed by atoms with van der Waals surface area (Å²) in [5.74, 6) is 2.17. The zero-order valence-corrected chi connectivity index (χ0v) is 10.3. The standard InChI is InChI=1S/C12H17FN2S/c1-14-9-10-8-11(13)2-3-12(10)15-4-6-16-7-5-15/h2-3,8,14H,4-7,9H2,1H3. The van der Waals surface area contributed by atoms with E-state index >= 15 is 0 Å². The van der Waals surface area contributed by atoms with Crippen molar-refractivity contribution in [3.8, 4) is 0 Å². The minimum absolute atomic E-state index is 0.152. The van der Waals surface area contributed by atoms with E-state index in [1.54, 1.807) is 12.1 Å². The van der Waals surface area contributed by atoms with Gasteiger partial charge in [0, 0.05) is 36.8 Å². The molecule has 0 radical (unpaired) electrons. The van der Waals surface area contributed by atoms with E-state index in [1.807, 2.05) is 24.9 Å². The van der Waals surface area contributed by atoms with Gasteiger partial charge in [-0.2, -0.15) is 11.8 Å². The van der Waals surface area contributed by atoms with Gasteiger partial charge in [-0.1, -0.05) is 0 Å². The first kappa shape index (κ1) is 11.7. The average Bonchev–Trinajstić information content (AvgIpc) is 2.31. The third kappa shape index (κ3) is 2.68. The molecule has 1 N–H and O–H groups in total. The third-order valence-electron chi connectivity index (χ3n) is 2.76. The van der Waals surface area contributed by atoms with Crippen LogP contribution in [0.4, 0.5) is 10.1 Å². The molecular formula is C12H17FN2S. The van der Waals surface area contributed by atoms with Crippen molar-refractivity contribution in [2.45, 2.75) is 6.54 Å². The van der Waals surface area contributed by atoms with Crippen LogP contribution in [-0.4, -0.2) is 31.6 Å². The lowest BCUT2D eigenvalue weighted by Gasteiger charge is -2.30. The maximum absolute atomic E-state index is 13.2. The van der Waals surface area contributed by atoms with Gasteiger partial charge in [-0.05, 0) is 30.8 Å². The van der Waals surface area contributed by atoms with Gasteiger partial charge in [-0.15, -0.1) is 0 Å². The van der Waals surface area contributed by atoms with Crippen LogP contribution in [0.25, 0.3) is 0 Å². The van der Waals surface area contributed by atoms with E-state index in [1.165, 1.54) is 5.69 Å². The molecule has 0 amide bonds. The first-order valence-electron chi connectivity index (χ1n) is 5.57. The van der Waals surface area contributed by atoms with E-state index < -0.39 is 0 Å². The zero-order chi connectivity index (χ0) is 11.4. The van der Waals surface area contributed by atoms with Crippen LogP contribution in [0, 0.1) is 5.82 Å². The lowest BCUT2D eigenvalue weighted by Crippen LogP contribution is -2.33. The van der Waals surface area contributed by atoms with Crippen LogP contribution in [0.3, 0.4) is 0 Å². The molecule has 1 heterocycles. The van der Waals surface area contributed by atoms with Gasteiger partial charge < -0.3 is 10.2 Å². The molecule has 2 nitrogen and oxygen atoms in total. The minimum Gasteiger partial charge on any atom is -0.370 e. The Hall–Kier alpha value is -0.740. The Morgan fingerprint density at radius 3 is 2.81 bits per heavy atom. The quantitative estimate of drug-likeness (QED) is 0.871. The molecule has 0 aromatic heterocycles. The van der Waals surface area contributed by atoms with Crippen LogP contribution in [-0.2, 0) is 6.54 Å². The molecule has 1 aliphatic rings. The van der Waals surface area contributed by atoms with Crippen molar-refractivity contribution in [3.05, 3.63) is 29.6 Å². The molecule has 16 heavy (non-hydrogen) atoms. The molecule has 1 saturated heterocycles. The number of thioether (sulfide) groups is 1. The van der Waals surface area contributed by atoms with Crippen LogP contribution in [0.15, 0.2) is 18.2 Å². The summed E-state index contributed by atoms with van der Waals surface area (Å²) in [5.41, 5.74) is 2.23. The Morgan fingerprint density at radius 1 is 1.38 bits per heavy atom. The third-order valence-corrected chi connectivity index (χ3v) is 3.70. The van der Waals surface area contributed by atoms with Crippen molar-refractivity contribution in [1.82, 2.24) is 5.32 Å². The highest BCUT2D eigenvalue weighted by Gasteiger charge is 2.14. The van der Waals surface area contributed by atoms with E-state index in [2.05, 4.69) is 10.2 Å². The Balaban J connectivity index is 2.23. The fraction of sp³-hybridized carbons (Fsp3) is 0.500. The summed E-state index contributed by atoms with van der Waals surface area (Å²) in [7, 11) is 1.89. The van der Waals surface area contributed by atoms with Crippen molar-refractivity contribution in [2.24, 2.45) is 0 Å². The zero-order valence-electron chi connectivity index (χ0n) is 9.50. The topological polar surface area (TPSA) is 15.3 Å². The lowest BCUT2D eigenvalue weighted by molar-refractivity contribution is 0.623. The summed E-state index contributed by atoms with van der Waals surface area (Å²) in [6, 6.07) is 5.09. The Bertz CT molecular complexity index is 351. The lowest BCUT2D eigenvalue weighted by atomic mass is 10.1. The second-order valence-corrected chi connectivity index (χ2v) is 5.13. The van der Waals surface area contributed by atoms with Gasteiger partial charge >= 0.3 is 0 Å². The summed E-state index contributed by atoms with van der Waals surface area (Å²) >= 11 is 1.98. The fourth-order valence-electron chi connectivity index (χ4n) is 2.00. The van der Waals surface area contributed by atoms with Gasteiger partial charge in [-0.3, -0.25) is 0 Å². The van der Waals surface area contributed by atoms with E-state index in [-0.39, 0.29) is 5.82 Å². The molecule has 2 rings (SSSR count). The van der Waals surface area contributed by atoms with Crippen molar-refractivity contribution in [2.75, 3.05) is 36.5 Å². The number of nitrogens with zero attached hydrogens (tertiary/aromatic N) is 1. The highest BCUT2D eigenvalue weighted by Crippen LogP contribution is 2.24. The molecule has 4 heteroatoms. The van der Waals surface area contributed by atoms with Crippen LogP contribution in [0.2, 0.25) is 0 Å². The minimum atomic E-state index is -0.152. The summed E-state index contributed by atoms with van der Waals surface area (Å²) in [5, 5.41) is 3.09. The van der Waals surface area contributed by atoms with Crippen LogP contribution in [0.1, 0.15) is 5.56 Å². The highest BCUT2D eigenvalue weighted by molar-refractivity contribution is 7.99. The predicted octanol–water partition coefficient (Wildman–Crippen LogP) is 2.10. The molecule has 0 aliphatic carbocycles. The van der Waals surface area contributed by atoms with Gasteiger partial charge in [0.15, 0.2) is 0 Å². The molecule has 0 spiro atoms. The molecule has 0 atom stereocenters. The predicted molar refractivity (Wildman–Crippen MR) is 68.7 cm³/mol. The molecule has 0 unspecified atom stereocenters.